The van der Waals surface area contributed by atoms with Crippen LogP contribution in [0, 0.1) is 5.92 Å². The van der Waals surface area contributed by atoms with Gasteiger partial charge in [-0.2, -0.15) is 0 Å². The molecule has 3 heterocycles. The van der Waals surface area contributed by atoms with Gasteiger partial charge in [0.05, 0.1) is 17.3 Å². The first-order valence-electron chi connectivity index (χ1n) is 9.80. The summed E-state index contributed by atoms with van der Waals surface area (Å²) in [6, 6.07) is 13.0. The predicted octanol–water partition coefficient (Wildman–Crippen LogP) is 4.79. The van der Waals surface area contributed by atoms with E-state index in [0.717, 1.165) is 23.3 Å². The zero-order chi connectivity index (χ0) is 21.4. The highest BCUT2D eigenvalue weighted by atomic mass is 35.5. The van der Waals surface area contributed by atoms with E-state index in [4.69, 9.17) is 23.2 Å². The van der Waals surface area contributed by atoms with Gasteiger partial charge in [0.25, 0.3) is 0 Å². The van der Waals surface area contributed by atoms with E-state index in [2.05, 4.69) is 25.6 Å². The van der Waals surface area contributed by atoms with Gasteiger partial charge in [0.15, 0.2) is 0 Å². The van der Waals surface area contributed by atoms with E-state index in [1.165, 1.54) is 6.33 Å². The van der Waals surface area contributed by atoms with Gasteiger partial charge in [-0.3, -0.25) is 4.79 Å². The number of anilines is 2. The molecule has 156 valence electrons. The molecule has 2 atom stereocenters. The van der Waals surface area contributed by atoms with Gasteiger partial charge in [0, 0.05) is 29.4 Å². The predicted molar refractivity (Wildman–Crippen MR) is 120 cm³/mol. The van der Waals surface area contributed by atoms with E-state index in [1.54, 1.807) is 18.3 Å². The highest BCUT2D eigenvalue weighted by Gasteiger charge is 2.44. The normalized spacial score (nSPS) is 17.5. The molecule has 5 rings (SSSR count). The number of imidazole rings is 1. The number of hydrogen-bond donors (Lipinski definition) is 2. The van der Waals surface area contributed by atoms with Gasteiger partial charge in [-0.1, -0.05) is 35.3 Å². The first kappa shape index (κ1) is 19.8. The number of hydrogen-bond acceptors (Lipinski definition) is 5. The van der Waals surface area contributed by atoms with Gasteiger partial charge in [-0.15, -0.1) is 0 Å². The molecule has 7 nitrogen and oxygen atoms in total. The molecule has 31 heavy (non-hydrogen) atoms. The van der Waals surface area contributed by atoms with Crippen LogP contribution >= 0.6 is 23.2 Å². The molecule has 1 saturated carbocycles. The lowest BCUT2D eigenvalue weighted by molar-refractivity contribution is -0.117. The molecular formula is C22H18Cl2N6O. The Morgan fingerprint density at radius 3 is 2.81 bits per heavy atom. The van der Waals surface area contributed by atoms with Crippen molar-refractivity contribution in [2.45, 2.75) is 18.9 Å². The number of aromatic nitrogens is 4. The van der Waals surface area contributed by atoms with E-state index in [-0.39, 0.29) is 17.7 Å². The van der Waals surface area contributed by atoms with Crippen LogP contribution in [-0.4, -0.2) is 25.3 Å². The lowest BCUT2D eigenvalue weighted by Crippen LogP contribution is -2.16. The second-order valence-corrected chi connectivity index (χ2v) is 8.35. The molecule has 0 bridgehead atoms. The molecule has 1 aliphatic rings. The summed E-state index contributed by atoms with van der Waals surface area (Å²) in [6.07, 6.45) is 5.93. The topological polar surface area (TPSA) is 84.2 Å². The molecule has 0 aliphatic heterocycles. The van der Waals surface area contributed by atoms with Crippen molar-refractivity contribution >= 4 is 46.4 Å². The Kier molecular flexibility index (Phi) is 5.21. The summed E-state index contributed by atoms with van der Waals surface area (Å²) < 4.78 is 1.87. The zero-order valence-electron chi connectivity index (χ0n) is 16.3. The number of pyridine rings is 1. The van der Waals surface area contributed by atoms with Gasteiger partial charge < -0.3 is 15.0 Å². The number of carbonyl (C=O) groups is 1. The van der Waals surface area contributed by atoms with Crippen LogP contribution in [0.2, 0.25) is 10.0 Å². The minimum absolute atomic E-state index is 0.0492. The molecule has 9 heteroatoms. The van der Waals surface area contributed by atoms with Gasteiger partial charge in [0.2, 0.25) is 5.91 Å². The molecule has 1 fully saturated rings. The monoisotopic (exact) mass is 452 g/mol. The number of benzene rings is 1. The Balaban J connectivity index is 1.20. The number of nitrogens with one attached hydrogen (secondary N) is 2. The summed E-state index contributed by atoms with van der Waals surface area (Å²) in [5.41, 5.74) is 2.75. The molecule has 1 aliphatic carbocycles. The molecule has 1 aromatic carbocycles. The standard InChI is InChI=1S/C22H18Cl2N6O/c23-14-3-1-2-13(6-14)17-7-18(17)22(31)29-20-8-19(26-12-27-20)25-9-16-11-30-10-15(24)4-5-21(30)28-16/h1-6,8,10-12,17-18H,7,9H2,(H2,25,26,27,29,31). The van der Waals surface area contributed by atoms with Gasteiger partial charge in [-0.05, 0) is 42.2 Å². The van der Waals surface area contributed by atoms with Crippen LogP contribution in [0.5, 0.6) is 0 Å². The van der Waals surface area contributed by atoms with E-state index in [1.807, 2.05) is 40.9 Å². The zero-order valence-corrected chi connectivity index (χ0v) is 17.8. The fraction of sp³-hybridized carbons (Fsp3) is 0.182. The van der Waals surface area contributed by atoms with Crippen LogP contribution in [0.3, 0.4) is 0 Å². The third-order valence-electron chi connectivity index (χ3n) is 5.24. The lowest BCUT2D eigenvalue weighted by atomic mass is 10.1. The van der Waals surface area contributed by atoms with Crippen LogP contribution in [0.4, 0.5) is 11.6 Å². The molecule has 0 saturated heterocycles. The van der Waals surface area contributed by atoms with E-state index < -0.39 is 0 Å². The Morgan fingerprint density at radius 1 is 1.06 bits per heavy atom. The van der Waals surface area contributed by atoms with Crippen LogP contribution < -0.4 is 10.6 Å². The van der Waals surface area contributed by atoms with Crippen molar-refractivity contribution in [3.05, 3.63) is 82.5 Å². The fourth-order valence-electron chi connectivity index (χ4n) is 3.62. The second-order valence-electron chi connectivity index (χ2n) is 7.48. The van der Waals surface area contributed by atoms with Crippen molar-refractivity contribution in [1.29, 1.82) is 0 Å². The van der Waals surface area contributed by atoms with Crippen molar-refractivity contribution in [2.75, 3.05) is 10.6 Å². The Morgan fingerprint density at radius 2 is 1.94 bits per heavy atom. The number of amides is 1. The highest BCUT2D eigenvalue weighted by molar-refractivity contribution is 6.30. The first-order valence-corrected chi connectivity index (χ1v) is 10.6. The maximum absolute atomic E-state index is 12.6. The van der Waals surface area contributed by atoms with Gasteiger partial charge >= 0.3 is 0 Å². The van der Waals surface area contributed by atoms with Crippen molar-refractivity contribution < 1.29 is 4.79 Å². The molecule has 0 radical (unpaired) electrons. The largest absolute Gasteiger partial charge is 0.364 e. The molecule has 3 aromatic heterocycles. The summed E-state index contributed by atoms with van der Waals surface area (Å²) in [4.78, 5) is 25.5. The molecule has 1 amide bonds. The van der Waals surface area contributed by atoms with Gasteiger partial charge in [-0.25, -0.2) is 15.0 Å². The number of rotatable bonds is 6. The van der Waals surface area contributed by atoms with Crippen LogP contribution in [0.1, 0.15) is 23.6 Å². The van der Waals surface area contributed by atoms with Crippen LogP contribution in [-0.2, 0) is 11.3 Å². The summed E-state index contributed by atoms with van der Waals surface area (Å²) in [7, 11) is 0. The lowest BCUT2D eigenvalue weighted by Gasteiger charge is -2.07. The van der Waals surface area contributed by atoms with Crippen molar-refractivity contribution in [2.24, 2.45) is 5.92 Å². The third-order valence-corrected chi connectivity index (χ3v) is 5.70. The number of halogens is 2. The van der Waals surface area contributed by atoms with Gasteiger partial charge in [0.1, 0.15) is 23.6 Å². The summed E-state index contributed by atoms with van der Waals surface area (Å²) in [5.74, 6) is 1.13. The van der Waals surface area contributed by atoms with Crippen molar-refractivity contribution in [3.8, 4) is 0 Å². The Labute approximate surface area is 188 Å². The summed E-state index contributed by atoms with van der Waals surface area (Å²) in [5, 5.41) is 7.43. The van der Waals surface area contributed by atoms with Crippen molar-refractivity contribution in [3.63, 3.8) is 0 Å². The van der Waals surface area contributed by atoms with Crippen molar-refractivity contribution in [1.82, 2.24) is 19.4 Å². The number of nitrogens with zero attached hydrogens (tertiary/aromatic N) is 4. The minimum atomic E-state index is -0.0744. The maximum atomic E-state index is 12.6. The quantitative estimate of drug-likeness (QED) is 0.439. The second kappa shape index (κ2) is 8.17. The Bertz CT molecular complexity index is 1270. The molecule has 0 spiro atoms. The summed E-state index contributed by atoms with van der Waals surface area (Å²) in [6.45, 7) is 0.475. The smallest absolute Gasteiger partial charge is 0.229 e. The summed E-state index contributed by atoms with van der Waals surface area (Å²) >= 11 is 12.1. The van der Waals surface area contributed by atoms with E-state index in [0.29, 0.717) is 28.2 Å². The molecule has 2 unspecified atom stereocenters. The Hall–Kier alpha value is -3.16. The first-order chi connectivity index (χ1) is 15.0. The highest BCUT2D eigenvalue weighted by Crippen LogP contribution is 2.48. The van der Waals surface area contributed by atoms with Crippen LogP contribution in [0.15, 0.2) is 61.2 Å². The fourth-order valence-corrected chi connectivity index (χ4v) is 3.98. The SMILES string of the molecule is O=C(Nc1cc(NCc2cn3cc(Cl)ccc3n2)ncn1)C1CC1c1cccc(Cl)c1. The molecule has 2 N–H and O–H groups in total. The molecule has 4 aromatic rings. The average molecular weight is 453 g/mol. The molecular weight excluding hydrogens is 435 g/mol. The van der Waals surface area contributed by atoms with E-state index in [9.17, 15) is 4.79 Å². The maximum Gasteiger partial charge on any atom is 0.229 e. The van der Waals surface area contributed by atoms with E-state index >= 15 is 0 Å². The number of carbonyl (C=O) groups excluding carboxylic acids is 1. The third kappa shape index (κ3) is 4.47. The number of fused-ring (bicyclic) bond motifs is 1. The minimum Gasteiger partial charge on any atom is -0.364 e. The van der Waals surface area contributed by atoms with Crippen LogP contribution in [0.25, 0.3) is 5.65 Å². The average Bonchev–Trinajstić information content (AvgIpc) is 3.46.